The molecule has 0 saturated carbocycles. The van der Waals surface area contributed by atoms with Crippen LogP contribution < -0.4 is 0 Å². The minimum atomic E-state index is -0.581. The molecule has 1 aromatic rings. The standard InChI is InChI=1S/C9H8Cl2N2O.ClH/c1-13(9(11)14)6-12-8-4-2-7(10)3-5-8;/h2-6H,1H3;1H. The molecule has 82 valence electrons. The number of rotatable bonds is 2. The molecule has 0 saturated heterocycles. The number of halogens is 3. The van der Waals surface area contributed by atoms with E-state index in [1.165, 1.54) is 18.3 Å². The van der Waals surface area contributed by atoms with Crippen LogP contribution >= 0.6 is 35.6 Å². The molecular formula is C9H9Cl3N2O. The number of carbonyl (C=O) groups excluding carboxylic acids is 1. The zero-order chi connectivity index (χ0) is 10.6. The summed E-state index contributed by atoms with van der Waals surface area (Å²) in [6, 6.07) is 6.92. The van der Waals surface area contributed by atoms with Crippen molar-refractivity contribution in [2.24, 2.45) is 4.99 Å². The van der Waals surface area contributed by atoms with E-state index in [4.69, 9.17) is 23.2 Å². The number of benzene rings is 1. The first-order valence-corrected chi connectivity index (χ1v) is 4.57. The fourth-order valence-corrected chi connectivity index (χ4v) is 0.895. The molecule has 0 spiro atoms. The van der Waals surface area contributed by atoms with Crippen LogP contribution in [0, 0.1) is 0 Å². The van der Waals surface area contributed by atoms with E-state index in [-0.39, 0.29) is 12.4 Å². The van der Waals surface area contributed by atoms with Gasteiger partial charge < -0.3 is 0 Å². The van der Waals surface area contributed by atoms with E-state index in [9.17, 15) is 4.79 Å². The van der Waals surface area contributed by atoms with E-state index in [1.54, 1.807) is 24.3 Å². The van der Waals surface area contributed by atoms with E-state index in [0.29, 0.717) is 10.7 Å². The molecule has 1 amide bonds. The van der Waals surface area contributed by atoms with Gasteiger partial charge in [-0.2, -0.15) is 0 Å². The number of carbonyl (C=O) groups is 1. The van der Waals surface area contributed by atoms with Gasteiger partial charge in [0.15, 0.2) is 0 Å². The van der Waals surface area contributed by atoms with Crippen molar-refractivity contribution in [3.63, 3.8) is 0 Å². The van der Waals surface area contributed by atoms with Crippen molar-refractivity contribution < 1.29 is 4.79 Å². The molecule has 0 heterocycles. The number of nitrogens with zero attached hydrogens (tertiary/aromatic N) is 2. The summed E-state index contributed by atoms with van der Waals surface area (Å²) < 4.78 is 0. The fraction of sp³-hybridized carbons (Fsp3) is 0.111. The maximum absolute atomic E-state index is 10.6. The highest BCUT2D eigenvalue weighted by molar-refractivity contribution is 6.63. The molecule has 0 radical (unpaired) electrons. The SMILES string of the molecule is CN(C=Nc1ccc(Cl)cc1)C(=O)Cl.Cl. The third-order valence-electron chi connectivity index (χ3n) is 1.48. The topological polar surface area (TPSA) is 32.7 Å². The number of amides is 1. The Labute approximate surface area is 104 Å². The van der Waals surface area contributed by atoms with Gasteiger partial charge in [-0.15, -0.1) is 12.4 Å². The van der Waals surface area contributed by atoms with Crippen molar-refractivity contribution in [1.29, 1.82) is 0 Å². The molecule has 0 aromatic heterocycles. The molecule has 1 rings (SSSR count). The van der Waals surface area contributed by atoms with Gasteiger partial charge in [0.2, 0.25) is 0 Å². The molecule has 0 N–H and O–H groups in total. The minimum Gasteiger partial charge on any atom is -0.292 e. The van der Waals surface area contributed by atoms with Crippen LogP contribution in [-0.4, -0.2) is 23.7 Å². The second-order valence-electron chi connectivity index (χ2n) is 2.58. The van der Waals surface area contributed by atoms with Gasteiger partial charge >= 0.3 is 5.37 Å². The first-order chi connectivity index (χ1) is 6.59. The first kappa shape index (κ1) is 14.2. The zero-order valence-electron chi connectivity index (χ0n) is 7.85. The van der Waals surface area contributed by atoms with Crippen molar-refractivity contribution in [3.8, 4) is 0 Å². The smallest absolute Gasteiger partial charge is 0.292 e. The van der Waals surface area contributed by atoms with Crippen molar-refractivity contribution >= 4 is 53.0 Å². The normalized spacial score (nSPS) is 9.80. The third kappa shape index (κ3) is 5.02. The highest BCUT2D eigenvalue weighted by atomic mass is 35.5. The van der Waals surface area contributed by atoms with Crippen LogP contribution in [0.3, 0.4) is 0 Å². The van der Waals surface area contributed by atoms with Gasteiger partial charge in [-0.3, -0.25) is 9.69 Å². The summed E-state index contributed by atoms with van der Waals surface area (Å²) in [6.07, 6.45) is 1.35. The van der Waals surface area contributed by atoms with Crippen molar-refractivity contribution in [3.05, 3.63) is 29.3 Å². The molecule has 0 aliphatic rings. The highest BCUT2D eigenvalue weighted by Crippen LogP contribution is 2.15. The number of hydrogen-bond acceptors (Lipinski definition) is 2. The Hall–Kier alpha value is -0.770. The van der Waals surface area contributed by atoms with Gasteiger partial charge in [0, 0.05) is 12.1 Å². The summed E-state index contributed by atoms with van der Waals surface area (Å²) in [5.74, 6) is 0. The average Bonchev–Trinajstić information content (AvgIpc) is 2.16. The fourth-order valence-electron chi connectivity index (χ4n) is 0.726. The second-order valence-corrected chi connectivity index (χ2v) is 3.34. The summed E-state index contributed by atoms with van der Waals surface area (Å²) in [4.78, 5) is 15.8. The maximum atomic E-state index is 10.6. The van der Waals surface area contributed by atoms with Gasteiger partial charge in [0.25, 0.3) is 0 Å². The highest BCUT2D eigenvalue weighted by Gasteiger charge is 1.98. The van der Waals surface area contributed by atoms with E-state index >= 15 is 0 Å². The lowest BCUT2D eigenvalue weighted by molar-refractivity contribution is 0.248. The molecule has 0 atom stereocenters. The van der Waals surface area contributed by atoms with Crippen LogP contribution in [0.25, 0.3) is 0 Å². The predicted octanol–water partition coefficient (Wildman–Crippen LogP) is 3.71. The first-order valence-electron chi connectivity index (χ1n) is 3.81. The summed E-state index contributed by atoms with van der Waals surface area (Å²) in [5.41, 5.74) is 0.708. The lowest BCUT2D eigenvalue weighted by Crippen LogP contribution is -2.17. The van der Waals surface area contributed by atoms with Crippen molar-refractivity contribution in [1.82, 2.24) is 4.90 Å². The predicted molar refractivity (Wildman–Crippen MR) is 65.9 cm³/mol. The van der Waals surface area contributed by atoms with Crippen molar-refractivity contribution in [2.75, 3.05) is 7.05 Å². The second kappa shape index (κ2) is 6.67. The van der Waals surface area contributed by atoms with Crippen LogP contribution in [0.5, 0.6) is 0 Å². The van der Waals surface area contributed by atoms with Crippen LogP contribution in [0.4, 0.5) is 10.5 Å². The summed E-state index contributed by atoms with van der Waals surface area (Å²) in [7, 11) is 1.52. The molecule has 0 fully saturated rings. The van der Waals surface area contributed by atoms with Crippen molar-refractivity contribution in [2.45, 2.75) is 0 Å². The van der Waals surface area contributed by atoms with Crippen LogP contribution in [-0.2, 0) is 0 Å². The van der Waals surface area contributed by atoms with E-state index < -0.39 is 5.37 Å². The van der Waals surface area contributed by atoms with Crippen LogP contribution in [0.15, 0.2) is 29.3 Å². The van der Waals surface area contributed by atoms with Gasteiger partial charge in [-0.05, 0) is 35.9 Å². The maximum Gasteiger partial charge on any atom is 0.321 e. The molecule has 0 unspecified atom stereocenters. The molecule has 3 nitrogen and oxygen atoms in total. The van der Waals surface area contributed by atoms with Gasteiger partial charge in [0.1, 0.15) is 0 Å². The number of aliphatic imine (C=N–C) groups is 1. The van der Waals surface area contributed by atoms with Gasteiger partial charge in [0.05, 0.1) is 12.0 Å². The molecule has 0 aliphatic carbocycles. The summed E-state index contributed by atoms with van der Waals surface area (Å²) in [6.45, 7) is 0. The minimum absolute atomic E-state index is 0. The Morgan fingerprint density at radius 1 is 1.40 bits per heavy atom. The Morgan fingerprint density at radius 2 is 1.93 bits per heavy atom. The van der Waals surface area contributed by atoms with Crippen LogP contribution in [0.1, 0.15) is 0 Å². The Kier molecular flexibility index (Phi) is 6.32. The quantitative estimate of drug-likeness (QED) is 0.348. The largest absolute Gasteiger partial charge is 0.321 e. The third-order valence-corrected chi connectivity index (χ3v) is 2.00. The Morgan fingerprint density at radius 3 is 2.40 bits per heavy atom. The Bertz CT molecular complexity index is 351. The molecular weight excluding hydrogens is 258 g/mol. The molecule has 0 bridgehead atoms. The molecule has 6 heteroatoms. The van der Waals surface area contributed by atoms with E-state index in [0.717, 1.165) is 0 Å². The monoisotopic (exact) mass is 266 g/mol. The molecule has 1 aromatic carbocycles. The lowest BCUT2D eigenvalue weighted by atomic mass is 10.3. The van der Waals surface area contributed by atoms with Gasteiger partial charge in [-0.25, -0.2) is 4.99 Å². The summed E-state index contributed by atoms with van der Waals surface area (Å²) in [5, 5.41) is 0.0634. The number of hydrogen-bond donors (Lipinski definition) is 0. The van der Waals surface area contributed by atoms with Crippen LogP contribution in [0.2, 0.25) is 5.02 Å². The molecule has 15 heavy (non-hydrogen) atoms. The molecule has 0 aliphatic heterocycles. The van der Waals surface area contributed by atoms with E-state index in [2.05, 4.69) is 4.99 Å². The van der Waals surface area contributed by atoms with Gasteiger partial charge in [-0.1, -0.05) is 11.6 Å². The summed E-state index contributed by atoms with van der Waals surface area (Å²) >= 11 is 10.9. The van der Waals surface area contributed by atoms with E-state index in [1.807, 2.05) is 0 Å². The lowest BCUT2D eigenvalue weighted by Gasteiger charge is -2.04. The Balaban J connectivity index is 0.00000196. The average molecular weight is 268 g/mol. The zero-order valence-corrected chi connectivity index (χ0v) is 10.2.